The molecule has 0 aliphatic carbocycles. The predicted octanol–water partition coefficient (Wildman–Crippen LogP) is 1.99. The second kappa shape index (κ2) is 6.57. The largest absolute Gasteiger partial charge is 0.484 e. The minimum atomic E-state index is -0.894. The first-order valence-electron chi connectivity index (χ1n) is 6.51. The summed E-state index contributed by atoms with van der Waals surface area (Å²) in [6.45, 7) is 8.08. The third kappa shape index (κ3) is 5.75. The molecule has 1 aromatic carbocycles. The molecule has 0 aliphatic rings. The first-order valence-corrected chi connectivity index (χ1v) is 6.51. The quantitative estimate of drug-likeness (QED) is 0.856. The van der Waals surface area contributed by atoms with Crippen molar-refractivity contribution in [2.75, 3.05) is 19.7 Å². The molecule has 1 rings (SSSR count). The molecule has 0 saturated heterocycles. The second-order valence-electron chi connectivity index (χ2n) is 5.33. The summed E-state index contributed by atoms with van der Waals surface area (Å²) in [6.07, 6.45) is 0. The van der Waals surface area contributed by atoms with Gasteiger partial charge in [-0.05, 0) is 45.4 Å². The number of hydrogen-bond donors (Lipinski definition) is 1. The van der Waals surface area contributed by atoms with Crippen LogP contribution >= 0.6 is 0 Å². The van der Waals surface area contributed by atoms with E-state index in [2.05, 4.69) is 0 Å². The van der Waals surface area contributed by atoms with Gasteiger partial charge in [0.2, 0.25) is 0 Å². The molecule has 4 heteroatoms. The van der Waals surface area contributed by atoms with Crippen LogP contribution in [0.5, 0.6) is 5.75 Å². The minimum Gasteiger partial charge on any atom is -0.484 e. The number of hydrogen-bond acceptors (Lipinski definition) is 3. The number of aryl methyl sites for hydroxylation is 1. The van der Waals surface area contributed by atoms with Crippen molar-refractivity contribution >= 4 is 5.91 Å². The lowest BCUT2D eigenvalue weighted by molar-refractivity contribution is -0.136. The Morgan fingerprint density at radius 3 is 2.63 bits per heavy atom. The van der Waals surface area contributed by atoms with E-state index < -0.39 is 5.60 Å². The Morgan fingerprint density at radius 1 is 1.42 bits per heavy atom. The molecule has 0 spiro atoms. The van der Waals surface area contributed by atoms with Crippen LogP contribution in [0.4, 0.5) is 0 Å². The number of likely N-dealkylation sites (N-methyl/N-ethyl adjacent to an activating group) is 1. The summed E-state index contributed by atoms with van der Waals surface area (Å²) >= 11 is 0. The van der Waals surface area contributed by atoms with Gasteiger partial charge < -0.3 is 14.7 Å². The molecule has 1 amide bonds. The van der Waals surface area contributed by atoms with Crippen LogP contribution in [0.2, 0.25) is 0 Å². The maximum atomic E-state index is 12.0. The van der Waals surface area contributed by atoms with Crippen LogP contribution in [0.1, 0.15) is 26.3 Å². The van der Waals surface area contributed by atoms with E-state index >= 15 is 0 Å². The molecule has 1 aromatic rings. The highest BCUT2D eigenvalue weighted by Gasteiger charge is 2.21. The number of amides is 1. The molecular weight excluding hydrogens is 242 g/mol. The van der Waals surface area contributed by atoms with E-state index in [0.29, 0.717) is 18.8 Å². The van der Waals surface area contributed by atoms with Crippen molar-refractivity contribution < 1.29 is 14.6 Å². The van der Waals surface area contributed by atoms with E-state index in [4.69, 9.17) is 4.74 Å². The van der Waals surface area contributed by atoms with Gasteiger partial charge in [-0.1, -0.05) is 12.1 Å². The zero-order chi connectivity index (χ0) is 14.5. The molecule has 0 aromatic heterocycles. The lowest BCUT2D eigenvalue weighted by Gasteiger charge is -2.28. The van der Waals surface area contributed by atoms with Gasteiger partial charge in [0.05, 0.1) is 5.60 Å². The number of ether oxygens (including phenoxy) is 1. The highest BCUT2D eigenvalue weighted by molar-refractivity contribution is 5.77. The molecule has 0 aliphatic heterocycles. The smallest absolute Gasteiger partial charge is 0.260 e. The number of carbonyl (C=O) groups excluding carboxylic acids is 1. The van der Waals surface area contributed by atoms with E-state index in [0.717, 1.165) is 5.56 Å². The fourth-order valence-electron chi connectivity index (χ4n) is 1.78. The fourth-order valence-corrected chi connectivity index (χ4v) is 1.78. The maximum absolute atomic E-state index is 12.0. The van der Waals surface area contributed by atoms with Crippen molar-refractivity contribution in [3.05, 3.63) is 29.8 Å². The fraction of sp³-hybridized carbons (Fsp3) is 0.533. The van der Waals surface area contributed by atoms with Crippen LogP contribution < -0.4 is 4.74 Å². The molecule has 19 heavy (non-hydrogen) atoms. The Morgan fingerprint density at radius 2 is 2.11 bits per heavy atom. The standard InChI is InChI=1S/C15H23NO3/c1-5-16(11-15(3,4)18)14(17)10-19-13-8-6-7-12(2)9-13/h6-9,18H,5,10-11H2,1-4H3. The molecule has 0 radical (unpaired) electrons. The molecule has 0 fully saturated rings. The molecule has 0 unspecified atom stereocenters. The Kier molecular flexibility index (Phi) is 5.36. The molecule has 0 atom stereocenters. The van der Waals surface area contributed by atoms with Crippen LogP contribution in [-0.4, -0.2) is 41.2 Å². The summed E-state index contributed by atoms with van der Waals surface area (Å²) < 4.78 is 5.47. The third-order valence-electron chi connectivity index (χ3n) is 2.66. The number of nitrogens with zero attached hydrogens (tertiary/aromatic N) is 1. The summed E-state index contributed by atoms with van der Waals surface area (Å²) in [7, 11) is 0. The highest BCUT2D eigenvalue weighted by atomic mass is 16.5. The third-order valence-corrected chi connectivity index (χ3v) is 2.66. The van der Waals surface area contributed by atoms with E-state index in [9.17, 15) is 9.90 Å². The van der Waals surface area contributed by atoms with Crippen LogP contribution in [0.15, 0.2) is 24.3 Å². The van der Waals surface area contributed by atoms with E-state index in [1.807, 2.05) is 38.1 Å². The Hall–Kier alpha value is -1.55. The average molecular weight is 265 g/mol. The summed E-state index contributed by atoms with van der Waals surface area (Å²) in [5.41, 5.74) is 0.198. The van der Waals surface area contributed by atoms with Crippen LogP contribution in [0, 0.1) is 6.92 Å². The van der Waals surface area contributed by atoms with Gasteiger partial charge in [-0.25, -0.2) is 0 Å². The Bertz CT molecular complexity index is 424. The summed E-state index contributed by atoms with van der Waals surface area (Å²) in [5, 5.41) is 9.75. The number of rotatable bonds is 6. The predicted molar refractivity (Wildman–Crippen MR) is 75.2 cm³/mol. The van der Waals surface area contributed by atoms with Gasteiger partial charge in [-0.2, -0.15) is 0 Å². The SMILES string of the molecule is CCN(CC(C)(C)O)C(=O)COc1cccc(C)c1. The molecule has 0 heterocycles. The van der Waals surface area contributed by atoms with Crippen LogP contribution in [0.25, 0.3) is 0 Å². The zero-order valence-electron chi connectivity index (χ0n) is 12.1. The molecule has 1 N–H and O–H groups in total. The molecular formula is C15H23NO3. The van der Waals surface area contributed by atoms with Gasteiger partial charge in [0.25, 0.3) is 5.91 Å². The summed E-state index contributed by atoms with van der Waals surface area (Å²) in [4.78, 5) is 13.6. The van der Waals surface area contributed by atoms with Gasteiger partial charge in [0.15, 0.2) is 6.61 Å². The topological polar surface area (TPSA) is 49.8 Å². The molecule has 0 bridgehead atoms. The Labute approximate surface area is 115 Å². The zero-order valence-corrected chi connectivity index (χ0v) is 12.1. The number of benzene rings is 1. The van der Waals surface area contributed by atoms with Gasteiger partial charge >= 0.3 is 0 Å². The van der Waals surface area contributed by atoms with Crippen LogP contribution in [0.3, 0.4) is 0 Å². The van der Waals surface area contributed by atoms with Crippen molar-refractivity contribution in [1.82, 2.24) is 4.90 Å². The summed E-state index contributed by atoms with van der Waals surface area (Å²) in [6, 6.07) is 7.58. The lowest BCUT2D eigenvalue weighted by atomic mass is 10.1. The monoisotopic (exact) mass is 265 g/mol. The van der Waals surface area contributed by atoms with Gasteiger partial charge in [-0.15, -0.1) is 0 Å². The first-order chi connectivity index (χ1) is 8.81. The second-order valence-corrected chi connectivity index (χ2v) is 5.33. The molecule has 0 saturated carbocycles. The van der Waals surface area contributed by atoms with Crippen molar-refractivity contribution in [3.63, 3.8) is 0 Å². The normalized spacial score (nSPS) is 11.2. The van der Waals surface area contributed by atoms with E-state index in [1.54, 1.807) is 18.7 Å². The lowest BCUT2D eigenvalue weighted by Crippen LogP contribution is -2.44. The molecule has 4 nitrogen and oxygen atoms in total. The average Bonchev–Trinajstić information content (AvgIpc) is 2.32. The highest BCUT2D eigenvalue weighted by Crippen LogP contribution is 2.12. The van der Waals surface area contributed by atoms with Gasteiger partial charge in [0, 0.05) is 13.1 Å². The Balaban J connectivity index is 2.54. The number of carbonyl (C=O) groups is 1. The van der Waals surface area contributed by atoms with E-state index in [-0.39, 0.29) is 12.5 Å². The van der Waals surface area contributed by atoms with E-state index in [1.165, 1.54) is 0 Å². The van der Waals surface area contributed by atoms with Crippen molar-refractivity contribution in [2.45, 2.75) is 33.3 Å². The summed E-state index contributed by atoms with van der Waals surface area (Å²) in [5.74, 6) is 0.568. The van der Waals surface area contributed by atoms with Crippen molar-refractivity contribution in [1.29, 1.82) is 0 Å². The number of aliphatic hydroxyl groups is 1. The first kappa shape index (κ1) is 15.5. The van der Waals surface area contributed by atoms with Crippen molar-refractivity contribution in [2.24, 2.45) is 0 Å². The molecule has 106 valence electrons. The van der Waals surface area contributed by atoms with Gasteiger partial charge in [-0.3, -0.25) is 4.79 Å². The maximum Gasteiger partial charge on any atom is 0.260 e. The van der Waals surface area contributed by atoms with Crippen molar-refractivity contribution in [3.8, 4) is 5.75 Å². The van der Waals surface area contributed by atoms with Crippen LogP contribution in [-0.2, 0) is 4.79 Å². The van der Waals surface area contributed by atoms with Gasteiger partial charge in [0.1, 0.15) is 5.75 Å². The minimum absolute atomic E-state index is 0.00657.